The molecule has 6 heteroatoms. The van der Waals surface area contributed by atoms with Gasteiger partial charge >= 0.3 is 6.09 Å². The van der Waals surface area contributed by atoms with E-state index in [-0.39, 0.29) is 12.1 Å². The van der Waals surface area contributed by atoms with E-state index in [9.17, 15) is 4.79 Å². The second-order valence-corrected chi connectivity index (χ2v) is 5.88. The Morgan fingerprint density at radius 2 is 2.22 bits per heavy atom. The normalized spacial score (nSPS) is 20.9. The van der Waals surface area contributed by atoms with E-state index in [2.05, 4.69) is 5.32 Å². The molecule has 5 nitrogen and oxygen atoms in total. The molecule has 0 aromatic rings. The van der Waals surface area contributed by atoms with E-state index in [1.54, 1.807) is 0 Å². The first-order valence-electron chi connectivity index (χ1n) is 6.30. The first-order chi connectivity index (χ1) is 8.44. The number of hydrogen-bond donors (Lipinski definition) is 1. The molecule has 0 aromatic carbocycles. The fourth-order valence-electron chi connectivity index (χ4n) is 1.85. The fraction of sp³-hybridized carbons (Fsp3) is 0.917. The fourth-order valence-corrected chi connectivity index (χ4v) is 2.11. The van der Waals surface area contributed by atoms with E-state index < -0.39 is 5.60 Å². The summed E-state index contributed by atoms with van der Waals surface area (Å²) >= 11 is 1.35. The summed E-state index contributed by atoms with van der Waals surface area (Å²) in [6.45, 7) is 8.62. The summed E-state index contributed by atoms with van der Waals surface area (Å²) in [6, 6.07) is 0.153. The van der Waals surface area contributed by atoms with Gasteiger partial charge in [-0.05, 0) is 39.2 Å². The number of amides is 1. The number of nitrogens with one attached hydrogen (secondary N) is 1. The van der Waals surface area contributed by atoms with Crippen LogP contribution < -0.4 is 5.32 Å². The molecular weight excluding hydrogens is 252 g/mol. The summed E-state index contributed by atoms with van der Waals surface area (Å²) in [4.78, 5) is 13.9. The second kappa shape index (κ2) is 7.21. The molecule has 1 atom stereocenters. The Kier molecular flexibility index (Phi) is 6.25. The molecule has 0 bridgehead atoms. The predicted octanol–water partition coefficient (Wildman–Crippen LogP) is 1.88. The van der Waals surface area contributed by atoms with Gasteiger partial charge in [0.1, 0.15) is 5.60 Å². The number of carbonyl (C=O) groups excluding carboxylic acids is 1. The third kappa shape index (κ3) is 5.46. The molecule has 0 saturated carbocycles. The number of nitrogens with zero attached hydrogens (tertiary/aromatic N) is 1. The number of rotatable bonds is 4. The molecule has 1 heterocycles. The number of carbonyl (C=O) groups is 1. The van der Waals surface area contributed by atoms with Gasteiger partial charge in [0.05, 0.1) is 6.61 Å². The molecule has 1 aliphatic heterocycles. The highest BCUT2D eigenvalue weighted by Gasteiger charge is 2.29. The van der Waals surface area contributed by atoms with E-state index in [4.69, 9.17) is 8.92 Å². The van der Waals surface area contributed by atoms with Gasteiger partial charge in [0, 0.05) is 31.9 Å². The van der Waals surface area contributed by atoms with Crippen LogP contribution in [-0.4, -0.2) is 55.1 Å². The smallest absolute Gasteiger partial charge is 0.410 e. The topological polar surface area (TPSA) is 50.8 Å². The minimum absolute atomic E-state index is 0.153. The molecule has 0 aliphatic carbocycles. The van der Waals surface area contributed by atoms with E-state index in [1.807, 2.05) is 31.9 Å². The number of hydrogen-bond acceptors (Lipinski definition) is 5. The molecule has 0 radical (unpaired) electrons. The summed E-state index contributed by atoms with van der Waals surface area (Å²) in [5.41, 5.74) is -0.442. The quantitative estimate of drug-likeness (QED) is 0.627. The average molecular weight is 276 g/mol. The van der Waals surface area contributed by atoms with Gasteiger partial charge < -0.3 is 19.1 Å². The highest BCUT2D eigenvalue weighted by Crippen LogP contribution is 2.15. The lowest BCUT2D eigenvalue weighted by atomic mass is 10.1. The van der Waals surface area contributed by atoms with Crippen LogP contribution in [0.2, 0.25) is 0 Å². The van der Waals surface area contributed by atoms with Crippen molar-refractivity contribution in [2.45, 2.75) is 38.8 Å². The second-order valence-electron chi connectivity index (χ2n) is 5.31. The molecular formula is C12H24N2O3S. The van der Waals surface area contributed by atoms with Crippen molar-refractivity contribution in [3.8, 4) is 0 Å². The summed E-state index contributed by atoms with van der Waals surface area (Å²) in [5.74, 6) is 0. The standard InChI is InChI=1S/C12H24N2O3S/c1-12(2,3)17-11(15)14-7-6-13-9-10(14)5-8-16-18-4/h10,13H,5-9H2,1-4H3/t10-/m0/s1. The maximum Gasteiger partial charge on any atom is 0.410 e. The Hall–Kier alpha value is -0.460. The average Bonchev–Trinajstić information content (AvgIpc) is 2.27. The maximum absolute atomic E-state index is 12.1. The third-order valence-corrected chi connectivity index (χ3v) is 3.03. The van der Waals surface area contributed by atoms with E-state index >= 15 is 0 Å². The van der Waals surface area contributed by atoms with E-state index in [0.717, 1.165) is 19.5 Å². The van der Waals surface area contributed by atoms with Crippen molar-refractivity contribution < 1.29 is 13.7 Å². The lowest BCUT2D eigenvalue weighted by Gasteiger charge is -2.37. The van der Waals surface area contributed by atoms with Crippen LogP contribution in [0.1, 0.15) is 27.2 Å². The maximum atomic E-state index is 12.1. The van der Waals surface area contributed by atoms with Gasteiger partial charge in [0.15, 0.2) is 0 Å². The van der Waals surface area contributed by atoms with Crippen LogP contribution in [0.15, 0.2) is 0 Å². The Labute approximate surface area is 114 Å². The molecule has 1 fully saturated rings. The van der Waals surface area contributed by atoms with E-state index in [0.29, 0.717) is 13.2 Å². The van der Waals surface area contributed by atoms with Crippen molar-refractivity contribution >= 4 is 18.1 Å². The Bertz CT molecular complexity index is 269. The Balaban J connectivity index is 2.50. The van der Waals surface area contributed by atoms with Crippen LogP contribution in [0, 0.1) is 0 Å². The molecule has 106 valence electrons. The molecule has 18 heavy (non-hydrogen) atoms. The zero-order valence-corrected chi connectivity index (χ0v) is 12.5. The largest absolute Gasteiger partial charge is 0.444 e. The van der Waals surface area contributed by atoms with Gasteiger partial charge in [-0.25, -0.2) is 4.79 Å². The van der Waals surface area contributed by atoms with Crippen LogP contribution in [-0.2, 0) is 8.92 Å². The molecule has 1 saturated heterocycles. The van der Waals surface area contributed by atoms with Gasteiger partial charge in [-0.15, -0.1) is 0 Å². The van der Waals surface area contributed by atoms with Crippen LogP contribution >= 0.6 is 12.0 Å². The lowest BCUT2D eigenvalue weighted by molar-refractivity contribution is 0.0101. The minimum Gasteiger partial charge on any atom is -0.444 e. The SMILES string of the molecule is CSOCC[C@H]1CNCCN1C(=O)OC(C)(C)C. The molecule has 1 N–H and O–H groups in total. The molecule has 1 amide bonds. The van der Waals surface area contributed by atoms with Crippen LogP contribution in [0.4, 0.5) is 4.79 Å². The van der Waals surface area contributed by atoms with Gasteiger partial charge in [-0.2, -0.15) is 0 Å². The van der Waals surface area contributed by atoms with Crippen molar-refractivity contribution in [3.63, 3.8) is 0 Å². The van der Waals surface area contributed by atoms with Crippen molar-refractivity contribution in [2.75, 3.05) is 32.5 Å². The van der Waals surface area contributed by atoms with Crippen molar-refractivity contribution in [2.24, 2.45) is 0 Å². The zero-order valence-electron chi connectivity index (χ0n) is 11.7. The first-order valence-corrected chi connectivity index (χ1v) is 7.45. The van der Waals surface area contributed by atoms with Crippen molar-refractivity contribution in [1.29, 1.82) is 0 Å². The molecule has 0 aromatic heterocycles. The van der Waals surface area contributed by atoms with Gasteiger partial charge in [0.25, 0.3) is 0 Å². The van der Waals surface area contributed by atoms with Gasteiger partial charge in [-0.3, -0.25) is 0 Å². The molecule has 0 spiro atoms. The van der Waals surface area contributed by atoms with Gasteiger partial charge in [0.2, 0.25) is 0 Å². The lowest BCUT2D eigenvalue weighted by Crippen LogP contribution is -2.55. The predicted molar refractivity (Wildman–Crippen MR) is 73.7 cm³/mol. The summed E-state index contributed by atoms with van der Waals surface area (Å²) in [6.07, 6.45) is 2.50. The van der Waals surface area contributed by atoms with E-state index in [1.165, 1.54) is 12.0 Å². The summed E-state index contributed by atoms with van der Waals surface area (Å²) < 4.78 is 10.7. The molecule has 1 aliphatic rings. The Morgan fingerprint density at radius 1 is 1.50 bits per heavy atom. The zero-order chi connectivity index (χ0) is 13.6. The van der Waals surface area contributed by atoms with Crippen molar-refractivity contribution in [1.82, 2.24) is 10.2 Å². The third-order valence-electron chi connectivity index (χ3n) is 2.63. The van der Waals surface area contributed by atoms with Gasteiger partial charge in [-0.1, -0.05) is 0 Å². The number of ether oxygens (including phenoxy) is 1. The van der Waals surface area contributed by atoms with Crippen molar-refractivity contribution in [3.05, 3.63) is 0 Å². The van der Waals surface area contributed by atoms with Crippen LogP contribution in [0.5, 0.6) is 0 Å². The highest BCUT2D eigenvalue weighted by atomic mass is 32.2. The monoisotopic (exact) mass is 276 g/mol. The molecule has 1 rings (SSSR count). The first kappa shape index (κ1) is 15.6. The molecule has 0 unspecified atom stereocenters. The van der Waals surface area contributed by atoms with Crippen LogP contribution in [0.3, 0.4) is 0 Å². The highest BCUT2D eigenvalue weighted by molar-refractivity contribution is 7.93. The summed E-state index contributed by atoms with van der Waals surface area (Å²) in [5, 5.41) is 3.30. The Morgan fingerprint density at radius 3 is 2.83 bits per heavy atom. The minimum atomic E-state index is -0.442. The number of piperazine rings is 1. The van der Waals surface area contributed by atoms with Crippen LogP contribution in [0.25, 0.3) is 0 Å². The summed E-state index contributed by atoms with van der Waals surface area (Å²) in [7, 11) is 0.